The van der Waals surface area contributed by atoms with Gasteiger partial charge in [0.2, 0.25) is 0 Å². The molecule has 0 atom stereocenters. The summed E-state index contributed by atoms with van der Waals surface area (Å²) in [6, 6.07) is 3.54. The maximum absolute atomic E-state index is 13.0. The van der Waals surface area contributed by atoms with Crippen molar-refractivity contribution in [2.24, 2.45) is 0 Å². The van der Waals surface area contributed by atoms with Crippen LogP contribution in [0.4, 0.5) is 13.2 Å². The van der Waals surface area contributed by atoms with Crippen LogP contribution in [0.1, 0.15) is 60.2 Å². The lowest BCUT2D eigenvalue weighted by Crippen LogP contribution is -2.29. The normalized spacial score (nSPS) is 18.1. The zero-order chi connectivity index (χ0) is 21.1. The van der Waals surface area contributed by atoms with Crippen molar-refractivity contribution in [2.45, 2.75) is 57.5 Å². The Morgan fingerprint density at radius 3 is 2.70 bits per heavy atom. The van der Waals surface area contributed by atoms with E-state index in [0.29, 0.717) is 17.0 Å². The number of benzene rings is 1. The lowest BCUT2D eigenvalue weighted by molar-refractivity contribution is -0.137. The highest BCUT2D eigenvalue weighted by atomic mass is 35.5. The topological polar surface area (TPSA) is 29.3 Å². The van der Waals surface area contributed by atoms with Gasteiger partial charge in [0, 0.05) is 30.1 Å². The Morgan fingerprint density at radius 1 is 1.10 bits per heavy atom. The molecule has 1 aliphatic carbocycles. The molecule has 0 fully saturated rings. The fourth-order valence-electron chi connectivity index (χ4n) is 4.40. The summed E-state index contributed by atoms with van der Waals surface area (Å²) in [5.41, 5.74) is 3.20. The molecule has 0 amide bonds. The van der Waals surface area contributed by atoms with E-state index in [9.17, 15) is 13.2 Å². The van der Waals surface area contributed by atoms with Gasteiger partial charge in [0.15, 0.2) is 0 Å². The summed E-state index contributed by atoms with van der Waals surface area (Å²) in [6.07, 6.45) is 5.95. The fraction of sp³-hybridized carbons (Fsp3) is 0.522. The molecule has 1 aromatic carbocycles. The average molecular weight is 439 g/mol. The van der Waals surface area contributed by atoms with E-state index in [1.807, 2.05) is 6.08 Å². The van der Waals surface area contributed by atoms with Crippen molar-refractivity contribution in [3.63, 3.8) is 0 Å². The third kappa shape index (κ3) is 4.92. The quantitative estimate of drug-likeness (QED) is 0.510. The largest absolute Gasteiger partial charge is 0.416 e. The first-order valence-corrected chi connectivity index (χ1v) is 11.0. The molecule has 2 aromatic rings. The van der Waals surface area contributed by atoms with Crippen LogP contribution in [-0.4, -0.2) is 29.7 Å². The lowest BCUT2D eigenvalue weighted by atomic mass is 9.97. The number of aryl methyl sites for hydroxylation is 2. The summed E-state index contributed by atoms with van der Waals surface area (Å²) in [6.45, 7) is 2.46. The Labute approximate surface area is 179 Å². The van der Waals surface area contributed by atoms with E-state index in [4.69, 9.17) is 16.1 Å². The SMILES string of the molecule is FC(F)(F)c1ccc(Cl)c(C2=CCN(CCCc3onc4c3CCCCC4)CC2)c1. The summed E-state index contributed by atoms with van der Waals surface area (Å²) >= 11 is 6.19. The minimum atomic E-state index is -4.36. The van der Waals surface area contributed by atoms with Crippen molar-refractivity contribution >= 4 is 17.2 Å². The predicted molar refractivity (Wildman–Crippen MR) is 112 cm³/mol. The third-order valence-electron chi connectivity index (χ3n) is 6.10. The average Bonchev–Trinajstić information content (AvgIpc) is 2.94. The smallest absolute Gasteiger partial charge is 0.361 e. The molecule has 0 radical (unpaired) electrons. The molecule has 1 aromatic heterocycles. The van der Waals surface area contributed by atoms with Gasteiger partial charge >= 0.3 is 6.18 Å². The Kier molecular flexibility index (Phi) is 6.54. The van der Waals surface area contributed by atoms with Gasteiger partial charge in [-0.15, -0.1) is 0 Å². The number of hydrogen-bond acceptors (Lipinski definition) is 3. The molecule has 7 heteroatoms. The zero-order valence-electron chi connectivity index (χ0n) is 16.9. The van der Waals surface area contributed by atoms with Crippen molar-refractivity contribution in [3.8, 4) is 0 Å². The highest BCUT2D eigenvalue weighted by Gasteiger charge is 2.31. The highest BCUT2D eigenvalue weighted by molar-refractivity contribution is 6.32. The summed E-state index contributed by atoms with van der Waals surface area (Å²) in [5.74, 6) is 1.04. The maximum Gasteiger partial charge on any atom is 0.416 e. The van der Waals surface area contributed by atoms with Gasteiger partial charge in [-0.3, -0.25) is 4.90 Å². The van der Waals surface area contributed by atoms with Gasteiger partial charge in [0.1, 0.15) is 5.76 Å². The van der Waals surface area contributed by atoms with Crippen LogP contribution in [0.15, 0.2) is 28.8 Å². The van der Waals surface area contributed by atoms with Crippen molar-refractivity contribution in [1.82, 2.24) is 10.1 Å². The van der Waals surface area contributed by atoms with Crippen LogP contribution < -0.4 is 0 Å². The molecule has 2 aliphatic rings. The van der Waals surface area contributed by atoms with Gasteiger partial charge in [-0.2, -0.15) is 13.2 Å². The second-order valence-corrected chi connectivity index (χ2v) is 8.57. The molecule has 1 aliphatic heterocycles. The molecule has 30 heavy (non-hydrogen) atoms. The molecular weight excluding hydrogens is 413 g/mol. The van der Waals surface area contributed by atoms with Gasteiger partial charge < -0.3 is 4.52 Å². The number of alkyl halides is 3. The van der Waals surface area contributed by atoms with E-state index in [1.165, 1.54) is 37.0 Å². The number of fused-ring (bicyclic) bond motifs is 1. The van der Waals surface area contributed by atoms with E-state index in [-0.39, 0.29) is 0 Å². The zero-order valence-corrected chi connectivity index (χ0v) is 17.7. The molecule has 3 nitrogen and oxygen atoms in total. The molecule has 0 N–H and O–H groups in total. The summed E-state index contributed by atoms with van der Waals surface area (Å²) in [4.78, 5) is 2.32. The number of halogens is 4. The van der Waals surface area contributed by atoms with E-state index in [2.05, 4.69) is 10.1 Å². The van der Waals surface area contributed by atoms with Crippen molar-refractivity contribution in [3.05, 3.63) is 57.4 Å². The van der Waals surface area contributed by atoms with Gasteiger partial charge in [0.05, 0.1) is 11.3 Å². The van der Waals surface area contributed by atoms with Crippen LogP contribution in [0.5, 0.6) is 0 Å². The Bertz CT molecular complexity index is 920. The van der Waals surface area contributed by atoms with Crippen LogP contribution in [0, 0.1) is 0 Å². The summed E-state index contributed by atoms with van der Waals surface area (Å²) in [7, 11) is 0. The maximum atomic E-state index is 13.0. The van der Waals surface area contributed by atoms with Crippen molar-refractivity contribution in [1.29, 1.82) is 0 Å². The highest BCUT2D eigenvalue weighted by Crippen LogP contribution is 2.35. The second-order valence-electron chi connectivity index (χ2n) is 8.17. The van der Waals surface area contributed by atoms with Crippen molar-refractivity contribution in [2.75, 3.05) is 19.6 Å². The number of rotatable bonds is 5. The molecule has 0 bridgehead atoms. The predicted octanol–water partition coefficient (Wildman–Crippen LogP) is 6.34. The van der Waals surface area contributed by atoms with E-state index in [0.717, 1.165) is 68.4 Å². The third-order valence-corrected chi connectivity index (χ3v) is 6.43. The molecule has 0 spiro atoms. The molecular formula is C23H26ClF3N2O. The minimum absolute atomic E-state index is 0.369. The molecule has 2 heterocycles. The van der Waals surface area contributed by atoms with Crippen LogP contribution in [0.3, 0.4) is 0 Å². The molecule has 0 unspecified atom stereocenters. The minimum Gasteiger partial charge on any atom is -0.361 e. The van der Waals surface area contributed by atoms with Crippen LogP contribution in [0.2, 0.25) is 5.02 Å². The Morgan fingerprint density at radius 2 is 1.93 bits per heavy atom. The first kappa shape index (κ1) is 21.4. The van der Waals surface area contributed by atoms with Crippen molar-refractivity contribution < 1.29 is 17.7 Å². The fourth-order valence-corrected chi connectivity index (χ4v) is 4.64. The summed E-state index contributed by atoms with van der Waals surface area (Å²) in [5, 5.41) is 4.64. The molecule has 0 saturated carbocycles. The first-order chi connectivity index (χ1) is 14.4. The summed E-state index contributed by atoms with van der Waals surface area (Å²) < 4.78 is 44.7. The second kappa shape index (κ2) is 9.15. The number of nitrogens with zero attached hydrogens (tertiary/aromatic N) is 2. The van der Waals surface area contributed by atoms with Gasteiger partial charge in [0.25, 0.3) is 0 Å². The van der Waals surface area contributed by atoms with Crippen LogP contribution >= 0.6 is 11.6 Å². The van der Waals surface area contributed by atoms with Crippen LogP contribution in [0.25, 0.3) is 5.57 Å². The Balaban J connectivity index is 1.33. The lowest BCUT2D eigenvalue weighted by Gasteiger charge is -2.27. The van der Waals surface area contributed by atoms with E-state index >= 15 is 0 Å². The molecule has 162 valence electrons. The van der Waals surface area contributed by atoms with Gasteiger partial charge in [-0.1, -0.05) is 29.3 Å². The molecule has 0 saturated heterocycles. The molecule has 4 rings (SSSR count). The van der Waals surface area contributed by atoms with E-state index in [1.54, 1.807) is 0 Å². The number of aromatic nitrogens is 1. The standard InChI is InChI=1S/C23H26ClF3N2O/c24-20-9-8-17(23(25,26)27)15-19(20)16-10-13-29(14-11-16)12-4-7-22-18-5-2-1-3-6-21(18)28-30-22/h8-10,15H,1-7,11-14H2. The van der Waals surface area contributed by atoms with Gasteiger partial charge in [-0.25, -0.2) is 0 Å². The Hall–Kier alpha value is -1.79. The monoisotopic (exact) mass is 438 g/mol. The number of hydrogen-bond donors (Lipinski definition) is 0. The van der Waals surface area contributed by atoms with E-state index < -0.39 is 11.7 Å². The van der Waals surface area contributed by atoms with Crippen LogP contribution in [-0.2, 0) is 25.4 Å². The van der Waals surface area contributed by atoms with Gasteiger partial charge in [-0.05, 0) is 74.4 Å². The first-order valence-electron chi connectivity index (χ1n) is 10.7.